The van der Waals surface area contributed by atoms with E-state index in [9.17, 15) is 9.59 Å². The van der Waals surface area contributed by atoms with Gasteiger partial charge in [0, 0.05) is 12.3 Å². The lowest BCUT2D eigenvalue weighted by molar-refractivity contribution is -0.142. The number of nitrogens with one attached hydrogen (secondary N) is 1. The minimum absolute atomic E-state index is 0.0794. The Balaban J connectivity index is 2.69. The Morgan fingerprint density at radius 1 is 1.69 bits per heavy atom. The van der Waals surface area contributed by atoms with Gasteiger partial charge >= 0.3 is 5.97 Å². The molecule has 5 heteroatoms. The predicted molar refractivity (Wildman–Crippen MR) is 45.2 cm³/mol. The highest BCUT2D eigenvalue weighted by molar-refractivity contribution is 5.71. The van der Waals surface area contributed by atoms with E-state index in [1.807, 2.05) is 0 Å². The van der Waals surface area contributed by atoms with E-state index in [4.69, 9.17) is 0 Å². The summed E-state index contributed by atoms with van der Waals surface area (Å²) in [6, 6.07) is 1.32. The lowest BCUT2D eigenvalue weighted by atomic mass is 10.3. The Labute approximate surface area is 74.7 Å². The van der Waals surface area contributed by atoms with Gasteiger partial charge in [-0.1, -0.05) is 0 Å². The van der Waals surface area contributed by atoms with Crippen molar-refractivity contribution in [3.8, 4) is 0 Å². The maximum absolute atomic E-state index is 11.1. The third-order valence-corrected chi connectivity index (χ3v) is 1.41. The van der Waals surface area contributed by atoms with Crippen molar-refractivity contribution in [1.82, 2.24) is 10.2 Å². The summed E-state index contributed by atoms with van der Waals surface area (Å²) in [4.78, 5) is 22.0. The zero-order chi connectivity index (χ0) is 9.68. The molecular weight excluding hydrogens is 172 g/mol. The standard InChI is InChI=1S/C8H10N2O3/c1-2-13-8(12)5-6-7(11)3-4-9-10-6/h3-4H,2,5H2,1H3,(H,9,11). The van der Waals surface area contributed by atoms with Crippen LogP contribution >= 0.6 is 0 Å². The average Bonchev–Trinajstić information content (AvgIpc) is 2.09. The maximum atomic E-state index is 11.1. The molecule has 0 fully saturated rings. The lowest BCUT2D eigenvalue weighted by Crippen LogP contribution is -2.17. The van der Waals surface area contributed by atoms with Gasteiger partial charge in [0.1, 0.15) is 5.69 Å². The molecule has 0 aliphatic carbocycles. The molecule has 1 N–H and O–H groups in total. The number of aromatic nitrogens is 2. The molecule has 0 unspecified atom stereocenters. The molecule has 0 aromatic carbocycles. The molecule has 0 saturated heterocycles. The van der Waals surface area contributed by atoms with Crippen molar-refractivity contribution in [1.29, 1.82) is 0 Å². The van der Waals surface area contributed by atoms with Crippen LogP contribution in [0.5, 0.6) is 0 Å². The number of carbonyl (C=O) groups is 1. The Morgan fingerprint density at radius 3 is 3.08 bits per heavy atom. The number of nitrogens with zero attached hydrogens (tertiary/aromatic N) is 1. The molecule has 0 radical (unpaired) electrons. The van der Waals surface area contributed by atoms with Gasteiger partial charge in [0.05, 0.1) is 13.0 Å². The first-order valence-corrected chi connectivity index (χ1v) is 3.92. The molecular formula is C8H10N2O3. The van der Waals surface area contributed by atoms with Gasteiger partial charge in [-0.15, -0.1) is 0 Å². The van der Waals surface area contributed by atoms with Gasteiger partial charge in [-0.05, 0) is 6.92 Å². The van der Waals surface area contributed by atoms with E-state index < -0.39 is 5.97 Å². The van der Waals surface area contributed by atoms with Gasteiger partial charge in [0.2, 0.25) is 5.43 Å². The summed E-state index contributed by atoms with van der Waals surface area (Å²) in [7, 11) is 0. The SMILES string of the molecule is CCOC(=O)Cc1n[nH]ccc1=O. The van der Waals surface area contributed by atoms with Crippen LogP contribution in [0.2, 0.25) is 0 Å². The Morgan fingerprint density at radius 2 is 2.46 bits per heavy atom. The topological polar surface area (TPSA) is 72.0 Å². The molecule has 1 heterocycles. The summed E-state index contributed by atoms with van der Waals surface area (Å²) < 4.78 is 4.67. The van der Waals surface area contributed by atoms with Crippen molar-refractivity contribution in [3.63, 3.8) is 0 Å². The molecule has 0 bridgehead atoms. The van der Waals surface area contributed by atoms with Crippen molar-refractivity contribution in [2.24, 2.45) is 0 Å². The maximum Gasteiger partial charge on any atom is 0.312 e. The normalized spacial score (nSPS) is 9.62. The number of rotatable bonds is 3. The molecule has 1 aromatic heterocycles. The summed E-state index contributed by atoms with van der Waals surface area (Å²) in [5.74, 6) is -0.438. The van der Waals surface area contributed by atoms with E-state index in [1.165, 1.54) is 12.3 Å². The van der Waals surface area contributed by atoms with Gasteiger partial charge in [-0.25, -0.2) is 0 Å². The van der Waals surface area contributed by atoms with E-state index >= 15 is 0 Å². The quantitative estimate of drug-likeness (QED) is 0.661. The largest absolute Gasteiger partial charge is 0.466 e. The van der Waals surface area contributed by atoms with Crippen LogP contribution in [0.1, 0.15) is 12.6 Å². The Kier molecular flexibility index (Phi) is 3.19. The summed E-state index contributed by atoms with van der Waals surface area (Å²) in [6.07, 6.45) is 1.33. The molecule has 0 aliphatic heterocycles. The lowest BCUT2D eigenvalue weighted by Gasteiger charge is -1.99. The van der Waals surface area contributed by atoms with Crippen molar-refractivity contribution >= 4 is 5.97 Å². The van der Waals surface area contributed by atoms with Crippen molar-refractivity contribution < 1.29 is 9.53 Å². The number of carbonyl (C=O) groups excluding carboxylic acids is 1. The van der Waals surface area contributed by atoms with E-state index in [0.29, 0.717) is 6.61 Å². The highest BCUT2D eigenvalue weighted by atomic mass is 16.5. The van der Waals surface area contributed by atoms with Crippen molar-refractivity contribution in [2.75, 3.05) is 6.61 Å². The molecule has 1 rings (SSSR count). The summed E-state index contributed by atoms with van der Waals surface area (Å²) in [5.41, 5.74) is -0.0762. The Bertz CT molecular complexity index is 345. The minimum atomic E-state index is -0.438. The highest BCUT2D eigenvalue weighted by Crippen LogP contribution is 1.88. The van der Waals surface area contributed by atoms with Gasteiger partial charge in [0.25, 0.3) is 0 Å². The zero-order valence-electron chi connectivity index (χ0n) is 7.24. The van der Waals surface area contributed by atoms with Crippen LogP contribution in [0, 0.1) is 0 Å². The van der Waals surface area contributed by atoms with Crippen LogP contribution < -0.4 is 5.43 Å². The van der Waals surface area contributed by atoms with Crippen LogP contribution in [0.4, 0.5) is 0 Å². The summed E-state index contributed by atoms with van der Waals surface area (Å²) >= 11 is 0. The second-order valence-electron chi connectivity index (χ2n) is 2.37. The van der Waals surface area contributed by atoms with Crippen molar-refractivity contribution in [2.45, 2.75) is 13.3 Å². The third-order valence-electron chi connectivity index (χ3n) is 1.41. The van der Waals surface area contributed by atoms with Crippen LogP contribution in [-0.2, 0) is 16.0 Å². The molecule has 0 amide bonds. The molecule has 0 spiro atoms. The van der Waals surface area contributed by atoms with Crippen LogP contribution in [0.25, 0.3) is 0 Å². The highest BCUT2D eigenvalue weighted by Gasteiger charge is 2.07. The summed E-state index contributed by atoms with van der Waals surface area (Å²) in [5, 5.41) is 6.15. The fourth-order valence-corrected chi connectivity index (χ4v) is 0.855. The van der Waals surface area contributed by atoms with Crippen LogP contribution in [0.15, 0.2) is 17.1 Å². The van der Waals surface area contributed by atoms with Gasteiger partial charge in [0.15, 0.2) is 0 Å². The molecule has 70 valence electrons. The zero-order valence-corrected chi connectivity index (χ0v) is 7.24. The van der Waals surface area contributed by atoms with Crippen LogP contribution in [0.3, 0.4) is 0 Å². The first-order valence-electron chi connectivity index (χ1n) is 3.92. The van der Waals surface area contributed by atoms with Gasteiger partial charge < -0.3 is 4.74 Å². The molecule has 0 aliphatic rings. The number of hydrogen-bond donors (Lipinski definition) is 1. The number of H-pyrrole nitrogens is 1. The number of ether oxygens (including phenoxy) is 1. The second kappa shape index (κ2) is 4.39. The number of esters is 1. The first-order chi connectivity index (χ1) is 6.24. The molecule has 13 heavy (non-hydrogen) atoms. The number of aromatic amines is 1. The van der Waals surface area contributed by atoms with Gasteiger partial charge in [-0.2, -0.15) is 5.10 Å². The fraction of sp³-hybridized carbons (Fsp3) is 0.375. The van der Waals surface area contributed by atoms with Crippen LogP contribution in [-0.4, -0.2) is 22.8 Å². The minimum Gasteiger partial charge on any atom is -0.466 e. The molecule has 1 aromatic rings. The predicted octanol–water partition coefficient (Wildman–Crippen LogP) is -0.124. The van der Waals surface area contributed by atoms with E-state index in [2.05, 4.69) is 14.9 Å². The smallest absolute Gasteiger partial charge is 0.312 e. The molecule has 0 atom stereocenters. The van der Waals surface area contributed by atoms with E-state index in [1.54, 1.807) is 6.92 Å². The van der Waals surface area contributed by atoms with E-state index in [-0.39, 0.29) is 17.5 Å². The number of hydrogen-bond acceptors (Lipinski definition) is 4. The Hall–Kier alpha value is -1.65. The second-order valence-corrected chi connectivity index (χ2v) is 2.37. The van der Waals surface area contributed by atoms with Crippen molar-refractivity contribution in [3.05, 3.63) is 28.2 Å². The monoisotopic (exact) mass is 182 g/mol. The first kappa shape index (κ1) is 9.44. The fourth-order valence-electron chi connectivity index (χ4n) is 0.855. The van der Waals surface area contributed by atoms with E-state index in [0.717, 1.165) is 0 Å². The summed E-state index contributed by atoms with van der Waals surface area (Å²) in [6.45, 7) is 2.02. The average molecular weight is 182 g/mol. The third kappa shape index (κ3) is 2.70. The molecule has 0 saturated carbocycles. The van der Waals surface area contributed by atoms with Gasteiger partial charge in [-0.3, -0.25) is 14.7 Å². The molecule has 5 nitrogen and oxygen atoms in total.